The van der Waals surface area contributed by atoms with Crippen molar-refractivity contribution < 1.29 is 4.74 Å². The van der Waals surface area contributed by atoms with Gasteiger partial charge in [0.05, 0.1) is 5.60 Å². The molecule has 0 bridgehead atoms. The first-order chi connectivity index (χ1) is 10.3. The summed E-state index contributed by atoms with van der Waals surface area (Å²) in [7, 11) is 2.07. The van der Waals surface area contributed by atoms with Crippen LogP contribution in [0.5, 0.6) is 0 Å². The molecule has 1 aliphatic carbocycles. The van der Waals surface area contributed by atoms with Gasteiger partial charge in [-0.05, 0) is 56.6 Å². The average Bonchev–Trinajstić information content (AvgIpc) is 2.95. The summed E-state index contributed by atoms with van der Waals surface area (Å²) < 4.78 is 6.19. The summed E-state index contributed by atoms with van der Waals surface area (Å²) in [4.78, 5) is 0. The van der Waals surface area contributed by atoms with Gasteiger partial charge in [0, 0.05) is 13.2 Å². The van der Waals surface area contributed by atoms with Gasteiger partial charge in [0.15, 0.2) is 0 Å². The Morgan fingerprint density at radius 2 is 2.00 bits per heavy atom. The van der Waals surface area contributed by atoms with Crippen LogP contribution in [0.3, 0.4) is 0 Å². The van der Waals surface area contributed by atoms with Crippen molar-refractivity contribution in [2.75, 3.05) is 20.2 Å². The molecule has 2 fully saturated rings. The summed E-state index contributed by atoms with van der Waals surface area (Å²) in [6.45, 7) is 2.06. The van der Waals surface area contributed by atoms with Crippen LogP contribution in [0.15, 0.2) is 30.3 Å². The maximum atomic E-state index is 6.19. The fourth-order valence-corrected chi connectivity index (χ4v) is 4.41. The van der Waals surface area contributed by atoms with E-state index in [9.17, 15) is 0 Å². The predicted molar refractivity (Wildman–Crippen MR) is 87.6 cm³/mol. The molecule has 1 spiro atoms. The van der Waals surface area contributed by atoms with E-state index in [0.29, 0.717) is 5.92 Å². The molecule has 0 aromatic heterocycles. The molecule has 116 valence electrons. The first kappa shape index (κ1) is 15.1. The molecule has 0 radical (unpaired) electrons. The summed E-state index contributed by atoms with van der Waals surface area (Å²) in [5.74, 6) is 1.47. The van der Waals surface area contributed by atoms with Gasteiger partial charge in [0.2, 0.25) is 0 Å². The Balaban J connectivity index is 1.65. The third-order valence-corrected chi connectivity index (χ3v) is 5.45. The summed E-state index contributed by atoms with van der Waals surface area (Å²) in [5, 5.41) is 3.39. The fourth-order valence-electron chi connectivity index (χ4n) is 4.41. The van der Waals surface area contributed by atoms with Crippen LogP contribution in [0.25, 0.3) is 0 Å². The van der Waals surface area contributed by atoms with Crippen molar-refractivity contribution >= 4 is 0 Å². The highest BCUT2D eigenvalue weighted by Gasteiger charge is 2.40. The van der Waals surface area contributed by atoms with E-state index in [2.05, 4.69) is 42.7 Å². The second kappa shape index (κ2) is 6.93. The highest BCUT2D eigenvalue weighted by molar-refractivity contribution is 5.20. The van der Waals surface area contributed by atoms with Crippen LogP contribution in [0.1, 0.15) is 56.4 Å². The molecule has 2 nitrogen and oxygen atoms in total. The van der Waals surface area contributed by atoms with Crippen molar-refractivity contribution in [2.24, 2.45) is 5.92 Å². The molecule has 1 saturated heterocycles. The number of benzene rings is 1. The van der Waals surface area contributed by atoms with Crippen molar-refractivity contribution in [2.45, 2.75) is 56.5 Å². The molecule has 3 rings (SSSR count). The number of hydrogen-bond donors (Lipinski definition) is 1. The maximum Gasteiger partial charge on any atom is 0.0685 e. The van der Waals surface area contributed by atoms with E-state index in [1.54, 1.807) is 0 Å². The Morgan fingerprint density at radius 1 is 1.24 bits per heavy atom. The Hall–Kier alpha value is -0.860. The van der Waals surface area contributed by atoms with Gasteiger partial charge >= 0.3 is 0 Å². The van der Waals surface area contributed by atoms with E-state index >= 15 is 0 Å². The van der Waals surface area contributed by atoms with Crippen molar-refractivity contribution in [3.05, 3.63) is 35.9 Å². The van der Waals surface area contributed by atoms with Gasteiger partial charge in [0.1, 0.15) is 0 Å². The molecule has 2 atom stereocenters. The van der Waals surface area contributed by atoms with Gasteiger partial charge in [-0.1, -0.05) is 43.2 Å². The molecule has 1 aliphatic heterocycles. The van der Waals surface area contributed by atoms with Crippen molar-refractivity contribution in [3.63, 3.8) is 0 Å². The molecule has 21 heavy (non-hydrogen) atoms. The smallest absolute Gasteiger partial charge is 0.0685 e. The fraction of sp³-hybridized carbons (Fsp3) is 0.684. The third kappa shape index (κ3) is 3.67. The second-order valence-electron chi connectivity index (χ2n) is 7.00. The van der Waals surface area contributed by atoms with Gasteiger partial charge in [-0.2, -0.15) is 0 Å². The Bertz CT molecular complexity index is 424. The molecule has 0 amide bonds. The Morgan fingerprint density at radius 3 is 2.71 bits per heavy atom. The number of nitrogens with one attached hydrogen (secondary N) is 1. The average molecular weight is 287 g/mol. The monoisotopic (exact) mass is 287 g/mol. The van der Waals surface area contributed by atoms with E-state index in [-0.39, 0.29) is 5.60 Å². The molecule has 2 heteroatoms. The standard InChI is InChI=1S/C19H29NO/c1-20-15-18(17-7-3-2-4-8-17)13-16-9-12-21-19(14-16)10-5-6-11-19/h2-4,7-8,16,18,20H,5-6,9-15H2,1H3. The lowest BCUT2D eigenvalue weighted by Gasteiger charge is -2.39. The van der Waals surface area contributed by atoms with Gasteiger partial charge in [-0.15, -0.1) is 0 Å². The highest BCUT2D eigenvalue weighted by Crippen LogP contribution is 2.44. The number of ether oxygens (including phenoxy) is 1. The first-order valence-corrected chi connectivity index (χ1v) is 8.65. The maximum absolute atomic E-state index is 6.19. The Labute approximate surface area is 129 Å². The quantitative estimate of drug-likeness (QED) is 0.879. The van der Waals surface area contributed by atoms with Gasteiger partial charge < -0.3 is 10.1 Å². The normalized spacial score (nSPS) is 26.0. The molecule has 1 aromatic carbocycles. The van der Waals surface area contributed by atoms with E-state index in [1.807, 2.05) is 0 Å². The SMILES string of the molecule is CNCC(CC1CCOC2(CCCC2)C1)c1ccccc1. The highest BCUT2D eigenvalue weighted by atomic mass is 16.5. The summed E-state index contributed by atoms with van der Waals surface area (Å²) in [5.41, 5.74) is 1.74. The van der Waals surface area contributed by atoms with Crippen LogP contribution in [-0.4, -0.2) is 25.8 Å². The zero-order chi connectivity index (χ0) is 14.5. The number of rotatable bonds is 5. The molecule has 2 unspecified atom stereocenters. The molecule has 1 heterocycles. The third-order valence-electron chi connectivity index (χ3n) is 5.45. The van der Waals surface area contributed by atoms with Crippen molar-refractivity contribution in [1.82, 2.24) is 5.32 Å². The summed E-state index contributed by atoms with van der Waals surface area (Å²) in [6, 6.07) is 11.0. The lowest BCUT2D eigenvalue weighted by Crippen LogP contribution is -2.38. The van der Waals surface area contributed by atoms with Crippen LogP contribution in [0.2, 0.25) is 0 Å². The van der Waals surface area contributed by atoms with E-state index in [4.69, 9.17) is 4.74 Å². The number of hydrogen-bond acceptors (Lipinski definition) is 2. The van der Waals surface area contributed by atoms with Crippen LogP contribution < -0.4 is 5.32 Å². The van der Waals surface area contributed by atoms with Crippen molar-refractivity contribution in [1.29, 1.82) is 0 Å². The van der Waals surface area contributed by atoms with Gasteiger partial charge in [-0.25, -0.2) is 0 Å². The van der Waals surface area contributed by atoms with Gasteiger partial charge in [0.25, 0.3) is 0 Å². The predicted octanol–water partition coefficient (Wildman–Crippen LogP) is 4.12. The van der Waals surface area contributed by atoms with E-state index in [1.165, 1.54) is 50.5 Å². The minimum Gasteiger partial charge on any atom is -0.375 e. The van der Waals surface area contributed by atoms with Crippen molar-refractivity contribution in [3.8, 4) is 0 Å². The molecular formula is C19H29NO. The largest absolute Gasteiger partial charge is 0.375 e. The topological polar surface area (TPSA) is 21.3 Å². The van der Waals surface area contributed by atoms with E-state index < -0.39 is 0 Å². The zero-order valence-corrected chi connectivity index (χ0v) is 13.3. The van der Waals surface area contributed by atoms with Crippen LogP contribution in [0.4, 0.5) is 0 Å². The molecule has 1 saturated carbocycles. The second-order valence-corrected chi connectivity index (χ2v) is 7.00. The molecular weight excluding hydrogens is 258 g/mol. The number of likely N-dealkylation sites (N-methyl/N-ethyl adjacent to an activating group) is 1. The van der Waals surface area contributed by atoms with Crippen LogP contribution >= 0.6 is 0 Å². The lowest BCUT2D eigenvalue weighted by atomic mass is 9.78. The minimum absolute atomic E-state index is 0.254. The molecule has 2 aliphatic rings. The summed E-state index contributed by atoms with van der Waals surface area (Å²) >= 11 is 0. The first-order valence-electron chi connectivity index (χ1n) is 8.65. The minimum atomic E-state index is 0.254. The van der Waals surface area contributed by atoms with Gasteiger partial charge in [-0.3, -0.25) is 0 Å². The summed E-state index contributed by atoms with van der Waals surface area (Å²) in [6.07, 6.45) is 9.17. The molecule has 1 N–H and O–H groups in total. The molecule has 1 aromatic rings. The van der Waals surface area contributed by atoms with Crippen LogP contribution in [-0.2, 0) is 4.74 Å². The van der Waals surface area contributed by atoms with Crippen LogP contribution in [0, 0.1) is 5.92 Å². The van der Waals surface area contributed by atoms with E-state index in [0.717, 1.165) is 19.1 Å². The lowest BCUT2D eigenvalue weighted by molar-refractivity contribution is -0.0944. The Kier molecular flexibility index (Phi) is 4.97. The zero-order valence-electron chi connectivity index (χ0n) is 13.3.